The number of benzene rings is 1. The van der Waals surface area contributed by atoms with E-state index in [4.69, 9.17) is 27.9 Å². The molecule has 138 valence electrons. The van der Waals surface area contributed by atoms with Crippen LogP contribution in [0.1, 0.15) is 57.4 Å². The lowest BCUT2D eigenvalue weighted by Gasteiger charge is -2.19. The fraction of sp³-hybridized carbons (Fsp3) is 0.550. The Labute approximate surface area is 161 Å². The second-order valence-electron chi connectivity index (χ2n) is 6.50. The highest BCUT2D eigenvalue weighted by molar-refractivity contribution is 6.42. The number of halogens is 2. The van der Waals surface area contributed by atoms with Crippen molar-refractivity contribution in [2.24, 2.45) is 0 Å². The van der Waals surface area contributed by atoms with Gasteiger partial charge in [0.05, 0.1) is 29.1 Å². The molecular formula is C20H28Cl2N2O. The van der Waals surface area contributed by atoms with Crippen LogP contribution >= 0.6 is 23.2 Å². The molecule has 0 bridgehead atoms. The van der Waals surface area contributed by atoms with E-state index >= 15 is 0 Å². The van der Waals surface area contributed by atoms with Crippen molar-refractivity contribution in [3.05, 3.63) is 52.5 Å². The van der Waals surface area contributed by atoms with Gasteiger partial charge in [-0.2, -0.15) is 0 Å². The summed E-state index contributed by atoms with van der Waals surface area (Å²) in [6, 6.07) is 5.66. The fourth-order valence-corrected chi connectivity index (χ4v) is 3.17. The normalized spacial score (nSPS) is 12.4. The van der Waals surface area contributed by atoms with Crippen LogP contribution in [-0.2, 0) is 17.9 Å². The molecule has 1 aromatic carbocycles. The smallest absolute Gasteiger partial charge is 0.0946 e. The van der Waals surface area contributed by atoms with Crippen LogP contribution in [0.15, 0.2) is 36.9 Å². The van der Waals surface area contributed by atoms with Crippen molar-refractivity contribution in [1.29, 1.82) is 0 Å². The van der Waals surface area contributed by atoms with Crippen LogP contribution in [0.5, 0.6) is 0 Å². The van der Waals surface area contributed by atoms with E-state index in [0.717, 1.165) is 18.5 Å². The van der Waals surface area contributed by atoms with E-state index in [1.54, 1.807) is 6.20 Å². The number of aromatic nitrogens is 2. The second kappa shape index (κ2) is 11.6. The summed E-state index contributed by atoms with van der Waals surface area (Å²) in [4.78, 5) is 4.12. The van der Waals surface area contributed by atoms with E-state index in [-0.39, 0.29) is 6.10 Å². The van der Waals surface area contributed by atoms with Gasteiger partial charge in [-0.15, -0.1) is 0 Å². The molecule has 0 aliphatic rings. The highest BCUT2D eigenvalue weighted by atomic mass is 35.5. The molecule has 0 fully saturated rings. The number of hydrogen-bond acceptors (Lipinski definition) is 2. The van der Waals surface area contributed by atoms with Gasteiger partial charge in [0.2, 0.25) is 0 Å². The van der Waals surface area contributed by atoms with Gasteiger partial charge in [0.1, 0.15) is 0 Å². The Bertz CT molecular complexity index is 602. The first-order chi connectivity index (χ1) is 12.2. The monoisotopic (exact) mass is 382 g/mol. The zero-order valence-electron chi connectivity index (χ0n) is 15.0. The number of ether oxygens (including phenoxy) is 1. The summed E-state index contributed by atoms with van der Waals surface area (Å²) >= 11 is 12.1. The summed E-state index contributed by atoms with van der Waals surface area (Å²) < 4.78 is 8.25. The molecule has 0 aliphatic heterocycles. The van der Waals surface area contributed by atoms with Crippen LogP contribution in [-0.4, -0.2) is 15.7 Å². The van der Waals surface area contributed by atoms with Crippen molar-refractivity contribution in [2.45, 2.75) is 71.1 Å². The number of nitrogens with zero attached hydrogens (tertiary/aromatic N) is 2. The molecule has 1 aromatic heterocycles. The Kier molecular flexibility index (Phi) is 9.38. The molecule has 5 heteroatoms. The molecule has 1 heterocycles. The van der Waals surface area contributed by atoms with Gasteiger partial charge in [0, 0.05) is 18.9 Å². The molecule has 25 heavy (non-hydrogen) atoms. The predicted octanol–water partition coefficient (Wildman–Crippen LogP) is 6.53. The number of rotatable bonds is 12. The zero-order valence-corrected chi connectivity index (χ0v) is 16.5. The molecule has 0 radical (unpaired) electrons. The molecule has 2 aromatic rings. The van der Waals surface area contributed by atoms with Crippen molar-refractivity contribution in [2.75, 3.05) is 0 Å². The lowest BCUT2D eigenvalue weighted by atomic mass is 10.1. The molecule has 0 N–H and O–H groups in total. The molecule has 3 nitrogen and oxygen atoms in total. The third-order valence-electron chi connectivity index (χ3n) is 4.32. The molecule has 1 atom stereocenters. The minimum absolute atomic E-state index is 0.176. The minimum atomic E-state index is 0.176. The minimum Gasteiger partial charge on any atom is -0.372 e. The van der Waals surface area contributed by atoms with Crippen molar-refractivity contribution in [3.63, 3.8) is 0 Å². The maximum absolute atomic E-state index is 6.17. The van der Waals surface area contributed by atoms with Gasteiger partial charge in [0.25, 0.3) is 0 Å². The number of imidazole rings is 1. The van der Waals surface area contributed by atoms with Gasteiger partial charge in [0.15, 0.2) is 0 Å². The van der Waals surface area contributed by atoms with E-state index in [0.29, 0.717) is 16.7 Å². The third-order valence-corrected chi connectivity index (χ3v) is 5.06. The zero-order chi connectivity index (χ0) is 17.9. The Balaban J connectivity index is 1.81. The van der Waals surface area contributed by atoms with Gasteiger partial charge in [-0.3, -0.25) is 0 Å². The van der Waals surface area contributed by atoms with E-state index in [9.17, 15) is 0 Å². The summed E-state index contributed by atoms with van der Waals surface area (Å²) in [5, 5.41) is 1.15. The largest absolute Gasteiger partial charge is 0.372 e. The van der Waals surface area contributed by atoms with Gasteiger partial charge >= 0.3 is 0 Å². The first-order valence-electron chi connectivity index (χ1n) is 9.20. The molecule has 0 amide bonds. The molecule has 0 spiro atoms. The summed E-state index contributed by atoms with van der Waals surface area (Å²) in [7, 11) is 0. The third kappa shape index (κ3) is 7.81. The summed E-state index contributed by atoms with van der Waals surface area (Å²) in [5.41, 5.74) is 1.05. The van der Waals surface area contributed by atoms with E-state index in [1.807, 2.05) is 30.7 Å². The van der Waals surface area contributed by atoms with E-state index in [2.05, 4.69) is 16.5 Å². The van der Waals surface area contributed by atoms with Crippen LogP contribution in [0, 0.1) is 0 Å². The Hall–Kier alpha value is -1.03. The Morgan fingerprint density at radius 1 is 1.08 bits per heavy atom. The first-order valence-corrected chi connectivity index (χ1v) is 9.96. The molecule has 1 unspecified atom stereocenters. The first kappa shape index (κ1) is 20.3. The van der Waals surface area contributed by atoms with Crippen molar-refractivity contribution in [1.82, 2.24) is 9.55 Å². The van der Waals surface area contributed by atoms with Crippen molar-refractivity contribution in [3.8, 4) is 0 Å². The average molecular weight is 383 g/mol. The van der Waals surface area contributed by atoms with Crippen molar-refractivity contribution >= 4 is 23.2 Å². The van der Waals surface area contributed by atoms with E-state index < -0.39 is 0 Å². The maximum Gasteiger partial charge on any atom is 0.0946 e. The van der Waals surface area contributed by atoms with Crippen LogP contribution in [0.2, 0.25) is 10.0 Å². The maximum atomic E-state index is 6.17. The standard InChI is InChI=1S/C20H28Cl2N2O/c1-2-3-4-5-6-7-8-18(14-24-12-11-23-16-24)25-15-17-9-10-19(21)20(22)13-17/h9-13,16,18H,2-8,14-15H2,1H3. The number of hydrogen-bond donors (Lipinski definition) is 0. The van der Waals surface area contributed by atoms with E-state index in [1.165, 1.54) is 38.5 Å². The summed E-state index contributed by atoms with van der Waals surface area (Å²) in [5.74, 6) is 0. The highest BCUT2D eigenvalue weighted by Crippen LogP contribution is 2.23. The lowest BCUT2D eigenvalue weighted by molar-refractivity contribution is 0.0221. The summed E-state index contributed by atoms with van der Waals surface area (Å²) in [6.07, 6.45) is 14.6. The second-order valence-corrected chi connectivity index (χ2v) is 7.31. The molecule has 0 aliphatic carbocycles. The SMILES string of the molecule is CCCCCCCCC(Cn1ccnc1)OCc1ccc(Cl)c(Cl)c1. The van der Waals surface area contributed by atoms with Gasteiger partial charge in [-0.05, 0) is 24.1 Å². The quantitative estimate of drug-likeness (QED) is 0.390. The fourth-order valence-electron chi connectivity index (χ4n) is 2.85. The van der Waals surface area contributed by atoms with Gasteiger partial charge in [-0.25, -0.2) is 4.98 Å². The molecular weight excluding hydrogens is 355 g/mol. The van der Waals surface area contributed by atoms with Gasteiger partial charge in [-0.1, -0.05) is 74.7 Å². The number of unbranched alkanes of at least 4 members (excludes halogenated alkanes) is 5. The van der Waals surface area contributed by atoms with Crippen molar-refractivity contribution < 1.29 is 4.74 Å². The average Bonchev–Trinajstić information content (AvgIpc) is 3.11. The molecule has 0 saturated carbocycles. The Morgan fingerprint density at radius 2 is 1.88 bits per heavy atom. The topological polar surface area (TPSA) is 27.1 Å². The lowest BCUT2D eigenvalue weighted by Crippen LogP contribution is -2.19. The molecule has 0 saturated heterocycles. The summed E-state index contributed by atoms with van der Waals surface area (Å²) in [6.45, 7) is 3.63. The van der Waals surface area contributed by atoms with Crippen LogP contribution in [0.4, 0.5) is 0 Å². The molecule has 2 rings (SSSR count). The predicted molar refractivity (Wildman–Crippen MR) is 105 cm³/mol. The van der Waals surface area contributed by atoms with Crippen LogP contribution < -0.4 is 0 Å². The highest BCUT2D eigenvalue weighted by Gasteiger charge is 2.11. The van der Waals surface area contributed by atoms with Gasteiger partial charge < -0.3 is 9.30 Å². The Morgan fingerprint density at radius 3 is 2.60 bits per heavy atom. The van der Waals surface area contributed by atoms with Crippen LogP contribution in [0.3, 0.4) is 0 Å². The van der Waals surface area contributed by atoms with Crippen LogP contribution in [0.25, 0.3) is 0 Å².